The second-order valence-corrected chi connectivity index (χ2v) is 6.68. The summed E-state index contributed by atoms with van der Waals surface area (Å²) in [6, 6.07) is 4.42. The molecule has 28 heavy (non-hydrogen) atoms. The molecule has 0 saturated carbocycles. The Hall–Kier alpha value is -3.15. The van der Waals surface area contributed by atoms with Gasteiger partial charge in [0.1, 0.15) is 5.69 Å². The molecule has 0 aliphatic carbocycles. The summed E-state index contributed by atoms with van der Waals surface area (Å²) in [6.45, 7) is 4.13. The van der Waals surface area contributed by atoms with Crippen LogP contribution in [-0.4, -0.2) is 49.2 Å². The third-order valence-corrected chi connectivity index (χ3v) is 4.41. The summed E-state index contributed by atoms with van der Waals surface area (Å²) >= 11 is 5.08. The Balaban J connectivity index is 1.68. The largest absolute Gasteiger partial charge is 0.366 e. The van der Waals surface area contributed by atoms with Crippen LogP contribution >= 0.6 is 12.2 Å². The lowest BCUT2D eigenvalue weighted by Gasteiger charge is -2.17. The summed E-state index contributed by atoms with van der Waals surface area (Å²) in [6.07, 6.45) is 2.84. The molecular formula is C16H20N8O3S. The number of benzene rings is 1. The zero-order valence-corrected chi connectivity index (χ0v) is 16.1. The lowest BCUT2D eigenvalue weighted by Crippen LogP contribution is -2.34. The van der Waals surface area contributed by atoms with Gasteiger partial charge in [-0.05, 0) is 48.8 Å². The molecule has 1 aliphatic heterocycles. The van der Waals surface area contributed by atoms with Crippen LogP contribution in [0.1, 0.15) is 36.5 Å². The second kappa shape index (κ2) is 8.69. The maximum absolute atomic E-state index is 12.4. The number of tetrazole rings is 1. The molecule has 0 bridgehead atoms. The number of nitrogens with zero attached hydrogens (tertiary/aromatic N) is 6. The predicted molar refractivity (Wildman–Crippen MR) is 106 cm³/mol. The lowest BCUT2D eigenvalue weighted by atomic mass is 10.1. The van der Waals surface area contributed by atoms with Crippen molar-refractivity contribution >= 4 is 40.6 Å². The van der Waals surface area contributed by atoms with E-state index in [2.05, 4.69) is 26.0 Å². The molecule has 1 amide bonds. The molecule has 3 rings (SSSR count). The fourth-order valence-electron chi connectivity index (χ4n) is 2.93. The van der Waals surface area contributed by atoms with Crippen LogP contribution in [0.25, 0.3) is 0 Å². The van der Waals surface area contributed by atoms with Crippen molar-refractivity contribution in [2.75, 3.05) is 23.3 Å². The monoisotopic (exact) mass is 404 g/mol. The van der Waals surface area contributed by atoms with Crippen molar-refractivity contribution in [1.82, 2.24) is 25.5 Å². The molecule has 1 aromatic heterocycles. The smallest absolute Gasteiger partial charge is 0.293 e. The van der Waals surface area contributed by atoms with Crippen molar-refractivity contribution in [2.24, 2.45) is 0 Å². The van der Waals surface area contributed by atoms with E-state index in [-0.39, 0.29) is 22.3 Å². The first-order chi connectivity index (χ1) is 13.5. The first-order valence-corrected chi connectivity index (χ1v) is 9.32. The van der Waals surface area contributed by atoms with Crippen LogP contribution in [0, 0.1) is 10.1 Å². The summed E-state index contributed by atoms with van der Waals surface area (Å²) < 4.78 is 0. The van der Waals surface area contributed by atoms with Gasteiger partial charge in [0, 0.05) is 24.7 Å². The molecule has 1 fully saturated rings. The molecule has 11 nitrogen and oxygen atoms in total. The van der Waals surface area contributed by atoms with E-state index in [1.165, 1.54) is 10.9 Å². The van der Waals surface area contributed by atoms with Crippen molar-refractivity contribution in [2.45, 2.75) is 32.7 Å². The van der Waals surface area contributed by atoms with Crippen molar-refractivity contribution in [3.8, 4) is 0 Å². The Kier molecular flexibility index (Phi) is 6.09. The van der Waals surface area contributed by atoms with E-state index in [1.807, 2.05) is 11.8 Å². The van der Waals surface area contributed by atoms with E-state index in [4.69, 9.17) is 12.2 Å². The van der Waals surface area contributed by atoms with Crippen LogP contribution in [0.4, 0.5) is 17.3 Å². The Morgan fingerprint density at radius 3 is 2.79 bits per heavy atom. The van der Waals surface area contributed by atoms with Gasteiger partial charge in [0.05, 0.1) is 11.5 Å². The van der Waals surface area contributed by atoms with Crippen LogP contribution in [0.3, 0.4) is 0 Å². The van der Waals surface area contributed by atoms with E-state index in [9.17, 15) is 14.9 Å². The summed E-state index contributed by atoms with van der Waals surface area (Å²) in [7, 11) is 0. The third-order valence-electron chi connectivity index (χ3n) is 4.21. The number of hydrogen-bond donors (Lipinski definition) is 2. The molecular weight excluding hydrogens is 384 g/mol. The van der Waals surface area contributed by atoms with E-state index < -0.39 is 10.8 Å². The minimum atomic E-state index is -0.561. The molecule has 0 spiro atoms. The molecule has 1 aromatic carbocycles. The Morgan fingerprint density at radius 1 is 1.36 bits per heavy atom. The van der Waals surface area contributed by atoms with E-state index in [0.29, 0.717) is 12.2 Å². The van der Waals surface area contributed by atoms with Gasteiger partial charge in [-0.15, -0.1) is 5.10 Å². The molecule has 2 N–H and O–H groups in total. The van der Waals surface area contributed by atoms with Crippen LogP contribution < -0.4 is 15.5 Å². The number of carbonyl (C=O) groups excluding carboxylic acids is 1. The fraction of sp³-hybridized carbons (Fsp3) is 0.438. The molecule has 0 unspecified atom stereocenters. The van der Waals surface area contributed by atoms with Crippen molar-refractivity contribution in [3.05, 3.63) is 33.9 Å². The summed E-state index contributed by atoms with van der Waals surface area (Å²) in [4.78, 5) is 26.8. The van der Waals surface area contributed by atoms with Gasteiger partial charge < -0.3 is 4.90 Å². The first-order valence-electron chi connectivity index (χ1n) is 8.91. The predicted octanol–water partition coefficient (Wildman–Crippen LogP) is 1.72. The van der Waals surface area contributed by atoms with E-state index in [0.717, 1.165) is 32.4 Å². The molecule has 1 aliphatic rings. The average molecular weight is 404 g/mol. The highest BCUT2D eigenvalue weighted by atomic mass is 32.1. The molecule has 12 heteroatoms. The SMILES string of the molecule is CCCn1nnc(NC(=S)NC(=O)c2ccc(N3CCCC3)c([N+](=O)[O-])c2)n1. The summed E-state index contributed by atoms with van der Waals surface area (Å²) in [5.41, 5.74) is 0.565. The minimum Gasteiger partial charge on any atom is -0.366 e. The molecule has 148 valence electrons. The van der Waals surface area contributed by atoms with Gasteiger partial charge in [-0.25, -0.2) is 0 Å². The van der Waals surface area contributed by atoms with Gasteiger partial charge in [0.25, 0.3) is 17.5 Å². The number of nitro groups is 1. The highest BCUT2D eigenvalue weighted by Crippen LogP contribution is 2.31. The van der Waals surface area contributed by atoms with Gasteiger partial charge in [-0.3, -0.25) is 25.5 Å². The quantitative estimate of drug-likeness (QED) is 0.419. The van der Waals surface area contributed by atoms with Crippen LogP contribution in [0.5, 0.6) is 0 Å². The molecule has 2 heterocycles. The fourth-order valence-corrected chi connectivity index (χ4v) is 3.12. The van der Waals surface area contributed by atoms with Crippen molar-refractivity contribution in [1.29, 1.82) is 0 Å². The number of thiocarbonyl (C=S) groups is 1. The topological polar surface area (TPSA) is 131 Å². The van der Waals surface area contributed by atoms with Crippen molar-refractivity contribution < 1.29 is 9.72 Å². The van der Waals surface area contributed by atoms with E-state index >= 15 is 0 Å². The summed E-state index contributed by atoms with van der Waals surface area (Å²) in [5.74, 6) is -0.399. The van der Waals surface area contributed by atoms with Crippen LogP contribution in [0.2, 0.25) is 0 Å². The summed E-state index contributed by atoms with van der Waals surface area (Å²) in [5, 5.41) is 28.3. The van der Waals surface area contributed by atoms with E-state index in [1.54, 1.807) is 12.1 Å². The highest BCUT2D eigenvalue weighted by molar-refractivity contribution is 7.80. The number of hydrogen-bond acceptors (Lipinski definition) is 8. The van der Waals surface area contributed by atoms with Gasteiger partial charge in [0.2, 0.25) is 0 Å². The van der Waals surface area contributed by atoms with Crippen molar-refractivity contribution in [3.63, 3.8) is 0 Å². The first kappa shape index (κ1) is 19.6. The molecule has 1 saturated heterocycles. The van der Waals surface area contributed by atoms with Gasteiger partial charge >= 0.3 is 0 Å². The number of aromatic nitrogens is 4. The zero-order chi connectivity index (χ0) is 20.1. The maximum atomic E-state index is 12.4. The zero-order valence-electron chi connectivity index (χ0n) is 15.3. The van der Waals surface area contributed by atoms with Gasteiger partial charge in [-0.1, -0.05) is 12.0 Å². The maximum Gasteiger partial charge on any atom is 0.293 e. The number of anilines is 2. The minimum absolute atomic E-state index is 0.0210. The Morgan fingerprint density at radius 2 is 2.11 bits per heavy atom. The van der Waals surface area contributed by atoms with Crippen LogP contribution in [-0.2, 0) is 6.54 Å². The highest BCUT2D eigenvalue weighted by Gasteiger charge is 2.24. The van der Waals surface area contributed by atoms with Gasteiger partial charge in [0.15, 0.2) is 5.11 Å². The molecule has 0 radical (unpaired) electrons. The number of rotatable bonds is 6. The molecule has 0 atom stereocenters. The van der Waals surface area contributed by atoms with Crippen LogP contribution in [0.15, 0.2) is 18.2 Å². The average Bonchev–Trinajstić information content (AvgIpc) is 3.33. The number of carbonyl (C=O) groups is 1. The third kappa shape index (κ3) is 4.57. The number of nitrogens with one attached hydrogen (secondary N) is 2. The number of nitro benzene ring substituents is 1. The Bertz CT molecular complexity index is 894. The standard InChI is InChI=1S/C16H20N8O3S/c1-2-7-23-20-15(19-21-23)18-16(28)17-14(25)11-5-6-12(13(10-11)24(26)27)22-8-3-4-9-22/h5-6,10H,2-4,7-9H2,1H3,(H2,17,18,20,25,28). The number of amides is 1. The molecule has 2 aromatic rings. The Labute approximate surface area is 166 Å². The van der Waals surface area contributed by atoms with Gasteiger partial charge in [-0.2, -0.15) is 4.80 Å². The number of aryl methyl sites for hydroxylation is 1. The second-order valence-electron chi connectivity index (χ2n) is 6.27. The normalized spacial score (nSPS) is 13.4. The lowest BCUT2D eigenvalue weighted by molar-refractivity contribution is -0.384.